The highest BCUT2D eigenvalue weighted by Crippen LogP contribution is 2.33. The molecule has 94 valence electrons. The highest BCUT2D eigenvalue weighted by molar-refractivity contribution is 5.45. The van der Waals surface area contributed by atoms with Gasteiger partial charge in [-0.15, -0.1) is 0 Å². The Morgan fingerprint density at radius 3 is 2.78 bits per heavy atom. The van der Waals surface area contributed by atoms with Crippen LogP contribution in [0.4, 0.5) is 0 Å². The van der Waals surface area contributed by atoms with Crippen LogP contribution in [0.5, 0.6) is 11.5 Å². The lowest BCUT2D eigenvalue weighted by Gasteiger charge is -2.21. The minimum atomic E-state index is 0.0725. The van der Waals surface area contributed by atoms with Crippen LogP contribution in [0.25, 0.3) is 0 Å². The maximum absolute atomic E-state index is 5.60. The second-order valence-electron chi connectivity index (χ2n) is 4.14. The number of fused-ring (bicyclic) bond motifs is 1. The first kappa shape index (κ1) is 11.1. The predicted molar refractivity (Wildman–Crippen MR) is 66.9 cm³/mol. The summed E-state index contributed by atoms with van der Waals surface area (Å²) in [6, 6.07) is 8.03. The molecule has 1 aromatic heterocycles. The summed E-state index contributed by atoms with van der Waals surface area (Å²) in [7, 11) is 1.92. The molecule has 5 nitrogen and oxygen atoms in total. The minimum Gasteiger partial charge on any atom is -0.486 e. The molecule has 0 bridgehead atoms. The molecule has 0 fully saturated rings. The number of aromatic amines is 1. The Morgan fingerprint density at radius 2 is 2.06 bits per heavy atom. The van der Waals surface area contributed by atoms with Crippen molar-refractivity contribution in [3.63, 3.8) is 0 Å². The largest absolute Gasteiger partial charge is 0.486 e. The van der Waals surface area contributed by atoms with Gasteiger partial charge in [0.1, 0.15) is 13.2 Å². The third kappa shape index (κ3) is 1.93. The molecule has 3 rings (SSSR count). The van der Waals surface area contributed by atoms with Crippen LogP contribution in [0.3, 0.4) is 0 Å². The van der Waals surface area contributed by atoms with E-state index in [4.69, 9.17) is 9.47 Å². The third-order valence-corrected chi connectivity index (χ3v) is 3.02. The molecule has 0 radical (unpaired) electrons. The summed E-state index contributed by atoms with van der Waals surface area (Å²) in [5, 5.41) is 10.2. The smallest absolute Gasteiger partial charge is 0.161 e. The number of hydrogen-bond donors (Lipinski definition) is 2. The zero-order valence-corrected chi connectivity index (χ0v) is 10.1. The maximum atomic E-state index is 5.60. The number of ether oxygens (including phenoxy) is 2. The molecule has 0 amide bonds. The normalized spacial score (nSPS) is 15.4. The van der Waals surface area contributed by atoms with Crippen molar-refractivity contribution in [2.75, 3.05) is 20.3 Å². The van der Waals surface area contributed by atoms with E-state index >= 15 is 0 Å². The fourth-order valence-corrected chi connectivity index (χ4v) is 2.17. The fourth-order valence-electron chi connectivity index (χ4n) is 2.17. The van der Waals surface area contributed by atoms with Crippen molar-refractivity contribution >= 4 is 0 Å². The monoisotopic (exact) mass is 245 g/mol. The van der Waals surface area contributed by atoms with Crippen molar-refractivity contribution in [1.29, 1.82) is 0 Å². The van der Waals surface area contributed by atoms with Gasteiger partial charge in [0.15, 0.2) is 11.5 Å². The third-order valence-electron chi connectivity index (χ3n) is 3.02. The van der Waals surface area contributed by atoms with Crippen LogP contribution >= 0.6 is 0 Å². The van der Waals surface area contributed by atoms with E-state index in [1.807, 2.05) is 31.3 Å². The van der Waals surface area contributed by atoms with Crippen molar-refractivity contribution in [1.82, 2.24) is 15.5 Å². The van der Waals surface area contributed by atoms with E-state index in [0.29, 0.717) is 13.2 Å². The molecule has 0 spiro atoms. The first-order valence-electron chi connectivity index (χ1n) is 5.94. The zero-order valence-electron chi connectivity index (χ0n) is 10.1. The van der Waals surface area contributed by atoms with Crippen LogP contribution in [0.1, 0.15) is 17.3 Å². The van der Waals surface area contributed by atoms with Crippen molar-refractivity contribution in [3.05, 3.63) is 41.7 Å². The highest BCUT2D eigenvalue weighted by atomic mass is 16.6. The summed E-state index contributed by atoms with van der Waals surface area (Å²) in [6.07, 6.45) is 1.75. The molecule has 5 heteroatoms. The van der Waals surface area contributed by atoms with E-state index in [0.717, 1.165) is 22.8 Å². The fraction of sp³-hybridized carbons (Fsp3) is 0.308. The first-order valence-corrected chi connectivity index (χ1v) is 5.94. The molecule has 18 heavy (non-hydrogen) atoms. The summed E-state index contributed by atoms with van der Waals surface area (Å²) in [4.78, 5) is 0. The van der Waals surface area contributed by atoms with Gasteiger partial charge in [-0.1, -0.05) is 6.07 Å². The molecule has 1 aromatic carbocycles. The summed E-state index contributed by atoms with van der Waals surface area (Å²) >= 11 is 0. The van der Waals surface area contributed by atoms with Crippen molar-refractivity contribution in [3.8, 4) is 11.5 Å². The van der Waals surface area contributed by atoms with Gasteiger partial charge in [0.25, 0.3) is 0 Å². The highest BCUT2D eigenvalue weighted by Gasteiger charge is 2.17. The van der Waals surface area contributed by atoms with Gasteiger partial charge in [-0.2, -0.15) is 5.10 Å². The van der Waals surface area contributed by atoms with Crippen LogP contribution < -0.4 is 14.8 Å². The molecular formula is C13H15N3O2. The number of benzene rings is 1. The van der Waals surface area contributed by atoms with Crippen molar-refractivity contribution in [2.24, 2.45) is 0 Å². The number of aromatic nitrogens is 2. The van der Waals surface area contributed by atoms with Gasteiger partial charge in [-0.05, 0) is 30.8 Å². The quantitative estimate of drug-likeness (QED) is 0.860. The molecule has 0 saturated carbocycles. The standard InChI is InChI=1S/C13H15N3O2/c1-14-13(10-4-5-15-16-10)9-2-3-11-12(8-9)18-7-6-17-11/h2-5,8,13-14H,6-7H2,1H3,(H,15,16). The number of rotatable bonds is 3. The average molecular weight is 245 g/mol. The Balaban J connectivity index is 1.95. The Labute approximate surface area is 105 Å². The Bertz CT molecular complexity index is 525. The zero-order chi connectivity index (χ0) is 12.4. The Morgan fingerprint density at radius 1 is 1.22 bits per heavy atom. The van der Waals surface area contributed by atoms with Crippen LogP contribution in [0, 0.1) is 0 Å². The summed E-state index contributed by atoms with van der Waals surface area (Å²) in [5.41, 5.74) is 2.14. The van der Waals surface area contributed by atoms with Crippen molar-refractivity contribution < 1.29 is 9.47 Å². The van der Waals surface area contributed by atoms with Gasteiger partial charge in [-0.3, -0.25) is 5.10 Å². The number of hydrogen-bond acceptors (Lipinski definition) is 4. The predicted octanol–water partition coefficient (Wildman–Crippen LogP) is 1.49. The number of nitrogens with one attached hydrogen (secondary N) is 2. The number of H-pyrrole nitrogens is 1. The van der Waals surface area contributed by atoms with Gasteiger partial charge < -0.3 is 14.8 Å². The molecule has 0 saturated heterocycles. The molecule has 1 atom stereocenters. The van der Waals surface area contributed by atoms with Crippen LogP contribution in [-0.2, 0) is 0 Å². The lowest BCUT2D eigenvalue weighted by molar-refractivity contribution is 0.171. The van der Waals surface area contributed by atoms with Gasteiger partial charge >= 0.3 is 0 Å². The molecule has 1 aliphatic heterocycles. The summed E-state index contributed by atoms with van der Waals surface area (Å²) in [5.74, 6) is 1.61. The van der Waals surface area contributed by atoms with Gasteiger partial charge in [0.05, 0.1) is 11.7 Å². The molecule has 0 aliphatic carbocycles. The van der Waals surface area contributed by atoms with E-state index in [1.54, 1.807) is 6.20 Å². The minimum absolute atomic E-state index is 0.0725. The lowest BCUT2D eigenvalue weighted by atomic mass is 10.0. The molecular weight excluding hydrogens is 230 g/mol. The van der Waals surface area contributed by atoms with E-state index in [9.17, 15) is 0 Å². The molecule has 1 unspecified atom stereocenters. The average Bonchev–Trinajstić information content (AvgIpc) is 2.93. The molecule has 1 aliphatic rings. The van der Waals surface area contributed by atoms with Gasteiger partial charge in [0, 0.05) is 6.20 Å². The van der Waals surface area contributed by atoms with E-state index < -0.39 is 0 Å². The second-order valence-corrected chi connectivity index (χ2v) is 4.14. The van der Waals surface area contributed by atoms with E-state index in [2.05, 4.69) is 15.5 Å². The Hall–Kier alpha value is -2.01. The summed E-state index contributed by atoms with van der Waals surface area (Å²) < 4.78 is 11.1. The second kappa shape index (κ2) is 4.70. The Kier molecular flexibility index (Phi) is 2.90. The van der Waals surface area contributed by atoms with Crippen LogP contribution in [-0.4, -0.2) is 30.5 Å². The number of nitrogens with zero attached hydrogens (tertiary/aromatic N) is 1. The van der Waals surface area contributed by atoms with Crippen LogP contribution in [0.15, 0.2) is 30.5 Å². The SMILES string of the molecule is CNC(c1ccc2c(c1)OCCO2)c1ccn[nH]1. The molecule has 2 aromatic rings. The first-order chi connectivity index (χ1) is 8.88. The molecule has 2 N–H and O–H groups in total. The molecule has 2 heterocycles. The van der Waals surface area contributed by atoms with Crippen LogP contribution in [0.2, 0.25) is 0 Å². The van der Waals surface area contributed by atoms with Gasteiger partial charge in [0.2, 0.25) is 0 Å². The topological polar surface area (TPSA) is 59.2 Å². The summed E-state index contributed by atoms with van der Waals surface area (Å²) in [6.45, 7) is 1.22. The van der Waals surface area contributed by atoms with E-state index in [-0.39, 0.29) is 6.04 Å². The van der Waals surface area contributed by atoms with E-state index in [1.165, 1.54) is 0 Å². The van der Waals surface area contributed by atoms with Crippen molar-refractivity contribution in [2.45, 2.75) is 6.04 Å². The lowest BCUT2D eigenvalue weighted by Crippen LogP contribution is -2.19. The maximum Gasteiger partial charge on any atom is 0.161 e. The van der Waals surface area contributed by atoms with Gasteiger partial charge in [-0.25, -0.2) is 0 Å².